The molecule has 0 saturated carbocycles. The highest BCUT2D eigenvalue weighted by molar-refractivity contribution is 7.00. The zero-order chi connectivity index (χ0) is 27.2. The molecule has 6 aromatic carbocycles. The minimum atomic E-state index is -1.58. The lowest BCUT2D eigenvalue weighted by Gasteiger charge is -2.22. The van der Waals surface area contributed by atoms with Gasteiger partial charge in [0.1, 0.15) is 16.1 Å². The minimum absolute atomic E-state index is 1.34. The zero-order valence-electron chi connectivity index (χ0n) is 23.5. The lowest BCUT2D eigenvalue weighted by molar-refractivity contribution is 1.69. The number of allylic oxidation sites excluding steroid dienone is 4. The van der Waals surface area contributed by atoms with Crippen molar-refractivity contribution < 1.29 is 0 Å². The van der Waals surface area contributed by atoms with Crippen molar-refractivity contribution in [2.75, 3.05) is 0 Å². The second kappa shape index (κ2) is 8.26. The van der Waals surface area contributed by atoms with Crippen molar-refractivity contribution in [1.29, 1.82) is 0 Å². The van der Waals surface area contributed by atoms with Crippen molar-refractivity contribution in [3.63, 3.8) is 0 Å². The number of rotatable bonds is 2. The Hall–Kier alpha value is -3.99. The van der Waals surface area contributed by atoms with Crippen LogP contribution in [0.3, 0.4) is 0 Å². The van der Waals surface area contributed by atoms with Crippen molar-refractivity contribution in [2.24, 2.45) is 0 Å². The summed E-state index contributed by atoms with van der Waals surface area (Å²) in [6.45, 7) is 9.80. The molecule has 2 aliphatic heterocycles. The lowest BCUT2D eigenvalue weighted by Crippen LogP contribution is -2.22. The van der Waals surface area contributed by atoms with E-state index in [4.69, 9.17) is 0 Å². The van der Waals surface area contributed by atoms with Gasteiger partial charge in [-0.25, -0.2) is 0 Å². The third-order valence-electron chi connectivity index (χ3n) is 9.36. The number of hydrogen-bond donors (Lipinski definition) is 0. The minimum Gasteiger partial charge on any atom is -0.0903 e. The third-order valence-corrected chi connectivity index (χ3v) is 15.1. The van der Waals surface area contributed by atoms with Crippen LogP contribution in [0.2, 0.25) is 26.2 Å². The monoisotopic (exact) mass is 544 g/mol. The zero-order valence-corrected chi connectivity index (χ0v) is 25.5. The molecule has 0 aromatic heterocycles. The summed E-state index contributed by atoms with van der Waals surface area (Å²) in [5.74, 6) is 0. The second-order valence-electron chi connectivity index (χ2n) is 12.7. The summed E-state index contributed by atoms with van der Waals surface area (Å²) < 4.78 is 0. The molecule has 0 aliphatic carbocycles. The van der Waals surface area contributed by atoms with Crippen LogP contribution in [0.15, 0.2) is 121 Å². The molecule has 2 heteroatoms. The number of hydrogen-bond acceptors (Lipinski definition) is 0. The van der Waals surface area contributed by atoms with E-state index in [9.17, 15) is 0 Å². The normalized spacial score (nSPS) is 17.5. The van der Waals surface area contributed by atoms with E-state index in [1.165, 1.54) is 75.4 Å². The maximum atomic E-state index is 2.50. The molecule has 0 atom stereocenters. The lowest BCUT2D eigenvalue weighted by atomic mass is 9.86. The Bertz CT molecular complexity index is 2040. The van der Waals surface area contributed by atoms with Gasteiger partial charge in [-0.1, -0.05) is 135 Å². The predicted molar refractivity (Wildman–Crippen MR) is 183 cm³/mol. The summed E-state index contributed by atoms with van der Waals surface area (Å²) in [6.07, 6.45) is 9.24. The van der Waals surface area contributed by atoms with E-state index in [0.717, 1.165) is 0 Å². The summed E-state index contributed by atoms with van der Waals surface area (Å²) >= 11 is 0. The van der Waals surface area contributed by atoms with E-state index in [-0.39, 0.29) is 0 Å². The molecule has 0 nitrogen and oxygen atoms in total. The summed E-state index contributed by atoms with van der Waals surface area (Å²) in [5, 5.41) is 16.6. The van der Waals surface area contributed by atoms with Gasteiger partial charge in [-0.15, -0.1) is 0 Å². The van der Waals surface area contributed by atoms with Crippen LogP contribution in [0.5, 0.6) is 0 Å². The average molecular weight is 545 g/mol. The summed E-state index contributed by atoms with van der Waals surface area (Å²) in [6, 6.07) is 32.6. The van der Waals surface area contributed by atoms with Gasteiger partial charge in [0.05, 0.1) is 0 Å². The molecule has 192 valence electrons. The van der Waals surface area contributed by atoms with Crippen LogP contribution in [0.1, 0.15) is 11.1 Å². The van der Waals surface area contributed by atoms with Gasteiger partial charge in [0.25, 0.3) is 0 Å². The molecule has 0 amide bonds. The van der Waals surface area contributed by atoms with E-state index in [1.54, 1.807) is 0 Å². The largest absolute Gasteiger partial charge is 0.104 e. The van der Waals surface area contributed by atoms with E-state index in [2.05, 4.69) is 147 Å². The maximum absolute atomic E-state index is 2.50. The van der Waals surface area contributed by atoms with Crippen LogP contribution >= 0.6 is 0 Å². The summed E-state index contributed by atoms with van der Waals surface area (Å²) in [5.41, 5.74) is 7.65. The van der Waals surface area contributed by atoms with Gasteiger partial charge in [0.15, 0.2) is 0 Å². The van der Waals surface area contributed by atoms with Gasteiger partial charge in [0.2, 0.25) is 0 Å². The Morgan fingerprint density at radius 3 is 1.15 bits per heavy atom. The molecule has 2 heterocycles. The fourth-order valence-electron chi connectivity index (χ4n) is 7.32. The van der Waals surface area contributed by atoms with Crippen LogP contribution in [0.4, 0.5) is 0 Å². The van der Waals surface area contributed by atoms with Gasteiger partial charge in [0, 0.05) is 0 Å². The first-order valence-electron chi connectivity index (χ1n) is 14.4. The highest BCUT2D eigenvalue weighted by atomic mass is 28.3. The molecule has 0 N–H and O–H groups in total. The standard InChI is InChI=1S/C38H32Si2/c1-39(2)21-9-15-35(39)25-17-19-29-27-11-5-8-14-32(27)38-34-24-26(36-16-10-22-40(36,3)4)18-20-30(34)28-12-6-7-13-31(28)37(38)33(29)23-25/h5-24H,1-4H3. The van der Waals surface area contributed by atoms with Gasteiger partial charge >= 0.3 is 0 Å². The Morgan fingerprint density at radius 2 is 0.775 bits per heavy atom. The summed E-state index contributed by atoms with van der Waals surface area (Å²) in [7, 11) is -3.16. The molecule has 8 rings (SSSR count). The van der Waals surface area contributed by atoms with Crippen LogP contribution in [0.25, 0.3) is 64.3 Å². The van der Waals surface area contributed by atoms with E-state index in [1.807, 2.05) is 0 Å². The Labute approximate surface area is 237 Å². The van der Waals surface area contributed by atoms with Crippen molar-refractivity contribution in [1.82, 2.24) is 0 Å². The van der Waals surface area contributed by atoms with E-state index < -0.39 is 16.1 Å². The van der Waals surface area contributed by atoms with Crippen LogP contribution in [-0.4, -0.2) is 16.1 Å². The van der Waals surface area contributed by atoms with Gasteiger partial charge < -0.3 is 0 Å². The van der Waals surface area contributed by atoms with Crippen LogP contribution in [0, 0.1) is 0 Å². The van der Waals surface area contributed by atoms with Crippen molar-refractivity contribution in [2.45, 2.75) is 26.2 Å². The van der Waals surface area contributed by atoms with Gasteiger partial charge in [-0.3, -0.25) is 0 Å². The number of benzene rings is 6. The van der Waals surface area contributed by atoms with Crippen LogP contribution < -0.4 is 0 Å². The van der Waals surface area contributed by atoms with Crippen molar-refractivity contribution in [3.8, 4) is 0 Å². The smallest absolute Gasteiger partial charge is 0.0903 e. The Morgan fingerprint density at radius 1 is 0.400 bits per heavy atom. The first-order chi connectivity index (χ1) is 19.3. The Kier molecular flexibility index (Phi) is 4.93. The fourth-order valence-corrected chi connectivity index (χ4v) is 11.7. The molecule has 0 unspecified atom stereocenters. The van der Waals surface area contributed by atoms with Gasteiger partial charge in [-0.2, -0.15) is 0 Å². The molecule has 0 saturated heterocycles. The molecule has 2 aliphatic rings. The molecule has 0 radical (unpaired) electrons. The molecule has 0 fully saturated rings. The van der Waals surface area contributed by atoms with Gasteiger partial charge in [-0.05, 0) is 87.5 Å². The van der Waals surface area contributed by atoms with E-state index in [0.29, 0.717) is 0 Å². The first kappa shape index (κ1) is 23.9. The highest BCUT2D eigenvalue weighted by Gasteiger charge is 2.28. The average Bonchev–Trinajstić information content (AvgIpc) is 3.51. The topological polar surface area (TPSA) is 0 Å². The SMILES string of the molecule is C[Si]1(C)C=CC=C1c1ccc2c3ccccc3c3c4cc(C5=CC=C[Si]5(C)C)ccc4c4ccccc4c3c2c1. The van der Waals surface area contributed by atoms with Crippen molar-refractivity contribution >= 4 is 80.4 Å². The maximum Gasteiger partial charge on any atom is 0.104 e. The molecule has 40 heavy (non-hydrogen) atoms. The summed E-state index contributed by atoms with van der Waals surface area (Å²) in [4.78, 5) is 0. The fraction of sp³-hybridized carbons (Fsp3) is 0.105. The third kappa shape index (κ3) is 3.30. The Balaban J connectivity index is 1.59. The second-order valence-corrected chi connectivity index (χ2v) is 21.3. The molecular weight excluding hydrogens is 513 g/mol. The molecule has 0 spiro atoms. The quantitative estimate of drug-likeness (QED) is 0.150. The highest BCUT2D eigenvalue weighted by Crippen LogP contribution is 2.46. The molecule has 6 aromatic rings. The van der Waals surface area contributed by atoms with Crippen LogP contribution in [-0.2, 0) is 0 Å². The molecular formula is C38H32Si2. The van der Waals surface area contributed by atoms with E-state index >= 15 is 0 Å². The molecule has 0 bridgehead atoms. The first-order valence-corrected chi connectivity index (χ1v) is 20.5. The number of fused-ring (bicyclic) bond motifs is 11. The predicted octanol–water partition coefficient (Wildman–Crippen LogP) is 10.9. The van der Waals surface area contributed by atoms with Crippen molar-refractivity contribution in [3.05, 3.63) is 132 Å².